The first-order chi connectivity index (χ1) is 9.13. The van der Waals surface area contributed by atoms with Gasteiger partial charge < -0.3 is 10.1 Å². The number of ether oxygens (including phenoxy) is 1. The summed E-state index contributed by atoms with van der Waals surface area (Å²) in [5, 5.41) is 4.56. The zero-order chi connectivity index (χ0) is 13.8. The molecule has 1 N–H and O–H groups in total. The summed E-state index contributed by atoms with van der Waals surface area (Å²) in [5.41, 5.74) is 1.01. The summed E-state index contributed by atoms with van der Waals surface area (Å²) < 4.78 is 7.23. The molecule has 1 heterocycles. The maximum atomic E-state index is 5.30. The van der Waals surface area contributed by atoms with E-state index in [1.807, 2.05) is 18.3 Å². The molecule has 0 aliphatic heterocycles. The number of aromatic nitrogens is 1. The highest BCUT2D eigenvalue weighted by Gasteiger charge is 2.07. The van der Waals surface area contributed by atoms with E-state index >= 15 is 0 Å². The van der Waals surface area contributed by atoms with E-state index in [2.05, 4.69) is 49.1 Å². The summed E-state index contributed by atoms with van der Waals surface area (Å²) in [4.78, 5) is 5.58. The molecule has 102 valence electrons. The average molecular weight is 406 g/mol. The van der Waals surface area contributed by atoms with Crippen LogP contribution >= 0.6 is 43.2 Å². The lowest BCUT2D eigenvalue weighted by Gasteiger charge is -2.11. The quantitative estimate of drug-likeness (QED) is 0.771. The van der Waals surface area contributed by atoms with Crippen molar-refractivity contribution < 1.29 is 4.74 Å². The van der Waals surface area contributed by atoms with E-state index in [-0.39, 0.29) is 0 Å². The zero-order valence-electron chi connectivity index (χ0n) is 10.7. The number of methoxy groups -OCH3 is 1. The lowest BCUT2D eigenvalue weighted by Crippen LogP contribution is -1.99. The Balaban J connectivity index is 2.10. The van der Waals surface area contributed by atoms with Crippen molar-refractivity contribution in [1.29, 1.82) is 0 Å². The third kappa shape index (κ3) is 3.70. The van der Waals surface area contributed by atoms with Crippen LogP contribution in [0.15, 0.2) is 27.3 Å². The number of aryl methyl sites for hydroxylation is 1. The maximum absolute atomic E-state index is 5.30. The Morgan fingerprint density at radius 3 is 2.74 bits per heavy atom. The van der Waals surface area contributed by atoms with Crippen LogP contribution < -0.4 is 10.1 Å². The van der Waals surface area contributed by atoms with Gasteiger partial charge in [0, 0.05) is 21.6 Å². The van der Waals surface area contributed by atoms with E-state index in [4.69, 9.17) is 4.74 Å². The summed E-state index contributed by atoms with van der Waals surface area (Å²) in [5.74, 6) is 0.809. The molecule has 0 saturated heterocycles. The second-order valence-corrected chi connectivity index (χ2v) is 6.80. The molecule has 0 atom stereocenters. The predicted octanol–water partition coefficient (Wildman–Crippen LogP) is 4.85. The van der Waals surface area contributed by atoms with Gasteiger partial charge in [-0.1, -0.05) is 6.92 Å². The predicted molar refractivity (Wildman–Crippen MR) is 87.2 cm³/mol. The van der Waals surface area contributed by atoms with Gasteiger partial charge in [0.15, 0.2) is 0 Å². The fourth-order valence-corrected chi connectivity index (χ4v) is 3.69. The normalized spacial score (nSPS) is 10.5. The van der Waals surface area contributed by atoms with Crippen LogP contribution in [0, 0.1) is 0 Å². The van der Waals surface area contributed by atoms with E-state index < -0.39 is 0 Å². The molecular formula is C13H14Br2N2OS. The van der Waals surface area contributed by atoms with Crippen molar-refractivity contribution in [3.63, 3.8) is 0 Å². The molecule has 0 aliphatic carbocycles. The van der Waals surface area contributed by atoms with Crippen molar-refractivity contribution >= 4 is 48.9 Å². The fraction of sp³-hybridized carbons (Fsp3) is 0.308. The number of hydrogen-bond acceptors (Lipinski definition) is 4. The van der Waals surface area contributed by atoms with Crippen LogP contribution in [-0.2, 0) is 13.0 Å². The standard InChI is InChI=1S/C13H14Br2N2OS/c1-3-13-17-7-8(19-13)6-16-11-5-12(18-2)10(15)4-9(11)14/h4-5,7,16H,3,6H2,1-2H3. The summed E-state index contributed by atoms with van der Waals surface area (Å²) in [6.45, 7) is 2.88. The van der Waals surface area contributed by atoms with E-state index in [9.17, 15) is 0 Å². The first-order valence-electron chi connectivity index (χ1n) is 5.84. The van der Waals surface area contributed by atoms with E-state index in [0.717, 1.165) is 33.3 Å². The molecule has 0 unspecified atom stereocenters. The molecule has 2 rings (SSSR count). The van der Waals surface area contributed by atoms with Gasteiger partial charge in [-0.05, 0) is 44.3 Å². The van der Waals surface area contributed by atoms with Gasteiger partial charge in [-0.3, -0.25) is 0 Å². The number of thiazole rings is 1. The van der Waals surface area contributed by atoms with E-state index in [0.29, 0.717) is 0 Å². The van der Waals surface area contributed by atoms with Gasteiger partial charge in [0.25, 0.3) is 0 Å². The molecule has 2 aromatic rings. The molecule has 0 fully saturated rings. The number of nitrogens with zero attached hydrogens (tertiary/aromatic N) is 1. The van der Waals surface area contributed by atoms with Crippen LogP contribution in [-0.4, -0.2) is 12.1 Å². The molecule has 1 aromatic carbocycles. The Hall–Kier alpha value is -0.590. The van der Waals surface area contributed by atoms with Gasteiger partial charge in [-0.15, -0.1) is 11.3 Å². The number of benzene rings is 1. The first-order valence-corrected chi connectivity index (χ1v) is 8.24. The van der Waals surface area contributed by atoms with Crippen molar-refractivity contribution in [2.24, 2.45) is 0 Å². The van der Waals surface area contributed by atoms with Gasteiger partial charge in [0.05, 0.1) is 28.8 Å². The summed E-state index contributed by atoms with van der Waals surface area (Å²) in [6.07, 6.45) is 2.92. The maximum Gasteiger partial charge on any atom is 0.135 e. The van der Waals surface area contributed by atoms with Crippen molar-refractivity contribution in [2.75, 3.05) is 12.4 Å². The van der Waals surface area contributed by atoms with Crippen LogP contribution in [0.3, 0.4) is 0 Å². The van der Waals surface area contributed by atoms with Crippen molar-refractivity contribution in [3.05, 3.63) is 37.2 Å². The van der Waals surface area contributed by atoms with Crippen LogP contribution in [0.1, 0.15) is 16.8 Å². The second-order valence-electron chi connectivity index (χ2n) is 3.89. The number of nitrogens with one attached hydrogen (secondary N) is 1. The van der Waals surface area contributed by atoms with Crippen LogP contribution in [0.4, 0.5) is 5.69 Å². The molecule has 0 radical (unpaired) electrons. The number of anilines is 1. The van der Waals surface area contributed by atoms with Gasteiger partial charge >= 0.3 is 0 Å². The molecule has 1 aromatic heterocycles. The van der Waals surface area contributed by atoms with Crippen LogP contribution in [0.25, 0.3) is 0 Å². The molecule has 0 saturated carbocycles. The highest BCUT2D eigenvalue weighted by molar-refractivity contribution is 9.11. The molecule has 0 aliphatic rings. The minimum atomic E-state index is 0.765. The van der Waals surface area contributed by atoms with E-state index in [1.165, 1.54) is 9.88 Å². The largest absolute Gasteiger partial charge is 0.495 e. The summed E-state index contributed by atoms with van der Waals surface area (Å²) >= 11 is 8.74. The number of halogens is 2. The average Bonchev–Trinajstić information content (AvgIpc) is 2.86. The van der Waals surface area contributed by atoms with Crippen LogP contribution in [0.2, 0.25) is 0 Å². The molecule has 19 heavy (non-hydrogen) atoms. The number of rotatable bonds is 5. The monoisotopic (exact) mass is 404 g/mol. The topological polar surface area (TPSA) is 34.2 Å². The molecule has 0 spiro atoms. The van der Waals surface area contributed by atoms with Crippen molar-refractivity contribution in [1.82, 2.24) is 4.98 Å². The Labute approximate surface area is 133 Å². The van der Waals surface area contributed by atoms with Crippen molar-refractivity contribution in [3.8, 4) is 5.75 Å². The van der Waals surface area contributed by atoms with E-state index in [1.54, 1.807) is 18.4 Å². The Kier molecular flexibility index (Phi) is 5.24. The first kappa shape index (κ1) is 14.8. The molecular weight excluding hydrogens is 392 g/mol. The van der Waals surface area contributed by atoms with Gasteiger partial charge in [0.1, 0.15) is 5.75 Å². The fourth-order valence-electron chi connectivity index (χ4n) is 1.60. The van der Waals surface area contributed by atoms with Crippen LogP contribution in [0.5, 0.6) is 5.75 Å². The lowest BCUT2D eigenvalue weighted by atomic mass is 10.3. The Morgan fingerprint density at radius 2 is 2.11 bits per heavy atom. The van der Waals surface area contributed by atoms with Gasteiger partial charge in [0.2, 0.25) is 0 Å². The second kappa shape index (κ2) is 6.72. The Bertz CT molecular complexity index is 572. The molecule has 0 amide bonds. The number of hydrogen-bond donors (Lipinski definition) is 1. The SMILES string of the molecule is CCc1ncc(CNc2cc(OC)c(Br)cc2Br)s1. The minimum absolute atomic E-state index is 0.765. The minimum Gasteiger partial charge on any atom is -0.495 e. The summed E-state index contributed by atoms with van der Waals surface area (Å²) in [7, 11) is 1.66. The molecule has 0 bridgehead atoms. The highest BCUT2D eigenvalue weighted by Crippen LogP contribution is 2.34. The highest BCUT2D eigenvalue weighted by atomic mass is 79.9. The lowest BCUT2D eigenvalue weighted by molar-refractivity contribution is 0.412. The van der Waals surface area contributed by atoms with Crippen molar-refractivity contribution in [2.45, 2.75) is 19.9 Å². The smallest absolute Gasteiger partial charge is 0.135 e. The summed E-state index contributed by atoms with van der Waals surface area (Å²) in [6, 6.07) is 3.95. The molecule has 6 heteroatoms. The third-order valence-electron chi connectivity index (χ3n) is 2.60. The zero-order valence-corrected chi connectivity index (χ0v) is 14.7. The Morgan fingerprint density at radius 1 is 1.32 bits per heavy atom. The van der Waals surface area contributed by atoms with Gasteiger partial charge in [-0.25, -0.2) is 4.98 Å². The van der Waals surface area contributed by atoms with Gasteiger partial charge in [-0.2, -0.15) is 0 Å². The molecule has 3 nitrogen and oxygen atoms in total. The third-order valence-corrected chi connectivity index (χ3v) is 5.02.